The predicted molar refractivity (Wildman–Crippen MR) is 73.6 cm³/mol. The van der Waals surface area contributed by atoms with Crippen LogP contribution in [0.5, 0.6) is 0 Å². The monoisotopic (exact) mass is 302 g/mol. The molecule has 0 bridgehead atoms. The van der Waals surface area contributed by atoms with Crippen LogP contribution in [0.4, 0.5) is 9.18 Å². The van der Waals surface area contributed by atoms with Crippen LogP contribution >= 0.6 is 0 Å². The summed E-state index contributed by atoms with van der Waals surface area (Å²) in [5, 5.41) is 2.51. The highest BCUT2D eigenvalue weighted by Crippen LogP contribution is 2.48. The van der Waals surface area contributed by atoms with Crippen molar-refractivity contribution in [2.75, 3.05) is 32.8 Å². The van der Waals surface area contributed by atoms with Gasteiger partial charge in [0, 0.05) is 13.1 Å². The molecule has 2 heterocycles. The molecule has 2 saturated heterocycles. The number of alkyl halides is 1. The summed E-state index contributed by atoms with van der Waals surface area (Å²) >= 11 is 0. The Kier molecular flexibility index (Phi) is 3.90. The van der Waals surface area contributed by atoms with E-state index in [-0.39, 0.29) is 26.3 Å². The molecule has 0 radical (unpaired) electrons. The summed E-state index contributed by atoms with van der Waals surface area (Å²) in [5.41, 5.74) is -3.74. The first-order chi connectivity index (χ1) is 9.63. The second kappa shape index (κ2) is 5.12. The molecule has 21 heavy (non-hydrogen) atoms. The quantitative estimate of drug-likeness (QED) is 0.829. The van der Waals surface area contributed by atoms with Gasteiger partial charge in [-0.3, -0.25) is 4.79 Å². The first-order valence-corrected chi connectivity index (χ1v) is 7.16. The maximum Gasteiger partial charge on any atom is 0.410 e. The number of hydrogen-bond donors (Lipinski definition) is 1. The normalized spacial score (nSPS) is 27.4. The fourth-order valence-corrected chi connectivity index (χ4v) is 2.71. The summed E-state index contributed by atoms with van der Waals surface area (Å²) in [6.45, 7) is 7.42. The van der Waals surface area contributed by atoms with E-state index in [1.54, 1.807) is 27.7 Å². The third-order valence-corrected chi connectivity index (χ3v) is 3.85. The van der Waals surface area contributed by atoms with Gasteiger partial charge < -0.3 is 19.7 Å². The Hall–Kier alpha value is -1.37. The lowest BCUT2D eigenvalue weighted by molar-refractivity contribution is -0.180. The number of hydrogen-bond acceptors (Lipinski definition) is 4. The van der Waals surface area contributed by atoms with Crippen molar-refractivity contribution >= 4 is 12.0 Å². The van der Waals surface area contributed by atoms with Crippen molar-refractivity contribution in [2.24, 2.45) is 5.41 Å². The van der Waals surface area contributed by atoms with Gasteiger partial charge in [0.2, 0.25) is 5.67 Å². The Morgan fingerprint density at radius 2 is 1.95 bits per heavy atom. The number of likely N-dealkylation sites (tertiary alicyclic amines) is 1. The predicted octanol–water partition coefficient (Wildman–Crippen LogP) is 1.10. The van der Waals surface area contributed by atoms with Crippen molar-refractivity contribution in [3.63, 3.8) is 0 Å². The smallest absolute Gasteiger partial charge is 0.410 e. The van der Waals surface area contributed by atoms with Crippen molar-refractivity contribution in [1.82, 2.24) is 10.2 Å². The number of halogens is 1. The highest BCUT2D eigenvalue weighted by molar-refractivity contribution is 5.88. The van der Waals surface area contributed by atoms with Crippen molar-refractivity contribution < 1.29 is 23.5 Å². The SMILES string of the molecule is CCNC(=O)[C@]1(F)CN(C(=O)OC(C)(C)C)CC12COC2. The lowest BCUT2D eigenvalue weighted by atomic mass is 9.73. The fourth-order valence-electron chi connectivity index (χ4n) is 2.71. The largest absolute Gasteiger partial charge is 0.444 e. The van der Waals surface area contributed by atoms with E-state index < -0.39 is 28.7 Å². The minimum absolute atomic E-state index is 0.134. The number of carbonyl (C=O) groups is 2. The second-order valence-corrected chi connectivity index (χ2v) is 6.77. The van der Waals surface area contributed by atoms with Crippen LogP contribution in [0.15, 0.2) is 0 Å². The molecular weight excluding hydrogens is 279 g/mol. The van der Waals surface area contributed by atoms with Gasteiger partial charge in [0.25, 0.3) is 5.91 Å². The Labute approximate surface area is 123 Å². The molecule has 0 aromatic carbocycles. The van der Waals surface area contributed by atoms with Gasteiger partial charge in [0.1, 0.15) is 5.60 Å². The zero-order valence-electron chi connectivity index (χ0n) is 13.0. The molecule has 0 aliphatic carbocycles. The average molecular weight is 302 g/mol. The molecule has 1 spiro atoms. The molecule has 2 aliphatic rings. The summed E-state index contributed by atoms with van der Waals surface area (Å²) in [6.07, 6.45) is -0.599. The van der Waals surface area contributed by atoms with Crippen LogP contribution in [-0.2, 0) is 14.3 Å². The minimum atomic E-state index is -2.13. The summed E-state index contributed by atoms with van der Waals surface area (Å²) in [4.78, 5) is 25.5. The molecule has 0 aromatic heterocycles. The molecule has 0 unspecified atom stereocenters. The molecular formula is C14H23FN2O4. The lowest BCUT2D eigenvalue weighted by Gasteiger charge is -2.44. The Balaban J connectivity index is 2.16. The first kappa shape index (κ1) is 16.0. The highest BCUT2D eigenvalue weighted by Gasteiger charge is 2.68. The van der Waals surface area contributed by atoms with E-state index in [0.717, 1.165) is 0 Å². The molecule has 1 atom stereocenters. The molecule has 2 amide bonds. The van der Waals surface area contributed by atoms with Gasteiger partial charge >= 0.3 is 6.09 Å². The minimum Gasteiger partial charge on any atom is -0.444 e. The third kappa shape index (κ3) is 2.71. The number of ether oxygens (including phenoxy) is 2. The van der Waals surface area contributed by atoms with E-state index in [9.17, 15) is 9.59 Å². The van der Waals surface area contributed by atoms with Crippen molar-refractivity contribution in [3.05, 3.63) is 0 Å². The fraction of sp³-hybridized carbons (Fsp3) is 0.857. The van der Waals surface area contributed by atoms with E-state index >= 15 is 4.39 Å². The van der Waals surface area contributed by atoms with E-state index in [2.05, 4.69) is 5.32 Å². The standard InChI is InChI=1S/C14H23FN2O4/c1-5-16-10(18)14(15)7-17(6-13(14)8-20-9-13)11(19)21-12(2,3)4/h5-9H2,1-4H3,(H,16,18)/t14-/m1/s1. The van der Waals surface area contributed by atoms with Crippen LogP contribution in [0, 0.1) is 5.41 Å². The van der Waals surface area contributed by atoms with Crippen molar-refractivity contribution in [3.8, 4) is 0 Å². The maximum absolute atomic E-state index is 15.3. The van der Waals surface area contributed by atoms with Crippen LogP contribution in [0.25, 0.3) is 0 Å². The number of carbonyl (C=O) groups excluding carboxylic acids is 2. The van der Waals surface area contributed by atoms with Crippen LogP contribution in [0.1, 0.15) is 27.7 Å². The van der Waals surface area contributed by atoms with Gasteiger partial charge in [-0.05, 0) is 27.7 Å². The zero-order chi connectivity index (χ0) is 15.9. The van der Waals surface area contributed by atoms with Crippen LogP contribution in [0.2, 0.25) is 0 Å². The third-order valence-electron chi connectivity index (χ3n) is 3.85. The van der Waals surface area contributed by atoms with Gasteiger partial charge in [0.05, 0.1) is 25.2 Å². The topological polar surface area (TPSA) is 67.9 Å². The molecule has 7 heteroatoms. The summed E-state index contributed by atoms with van der Waals surface area (Å²) in [5.74, 6) is -0.681. The molecule has 6 nitrogen and oxygen atoms in total. The molecule has 120 valence electrons. The number of nitrogens with one attached hydrogen (secondary N) is 1. The maximum atomic E-state index is 15.3. The van der Waals surface area contributed by atoms with Gasteiger partial charge in [-0.25, -0.2) is 9.18 Å². The van der Waals surface area contributed by atoms with Gasteiger partial charge in [-0.2, -0.15) is 0 Å². The highest BCUT2D eigenvalue weighted by atomic mass is 19.1. The van der Waals surface area contributed by atoms with Gasteiger partial charge in [0.15, 0.2) is 0 Å². The molecule has 2 rings (SSSR count). The van der Waals surface area contributed by atoms with Crippen LogP contribution < -0.4 is 5.32 Å². The van der Waals surface area contributed by atoms with Gasteiger partial charge in [-0.15, -0.1) is 0 Å². The van der Waals surface area contributed by atoms with Crippen LogP contribution in [0.3, 0.4) is 0 Å². The summed E-state index contributed by atoms with van der Waals surface area (Å²) < 4.78 is 25.7. The number of amides is 2. The number of rotatable bonds is 2. The van der Waals surface area contributed by atoms with Crippen molar-refractivity contribution in [2.45, 2.75) is 39.0 Å². The van der Waals surface area contributed by atoms with E-state index in [1.807, 2.05) is 0 Å². The Bertz CT molecular complexity index is 445. The Morgan fingerprint density at radius 3 is 2.38 bits per heavy atom. The summed E-state index contributed by atoms with van der Waals surface area (Å²) in [6, 6.07) is 0. The van der Waals surface area contributed by atoms with E-state index in [1.165, 1.54) is 4.90 Å². The van der Waals surface area contributed by atoms with E-state index in [0.29, 0.717) is 6.54 Å². The Morgan fingerprint density at radius 1 is 1.33 bits per heavy atom. The molecule has 0 aromatic rings. The number of nitrogens with zero attached hydrogens (tertiary/aromatic N) is 1. The lowest BCUT2D eigenvalue weighted by Crippen LogP contribution is -2.63. The first-order valence-electron chi connectivity index (χ1n) is 7.16. The van der Waals surface area contributed by atoms with Gasteiger partial charge in [-0.1, -0.05) is 0 Å². The molecule has 2 aliphatic heterocycles. The van der Waals surface area contributed by atoms with Crippen molar-refractivity contribution in [1.29, 1.82) is 0 Å². The molecule has 1 N–H and O–H groups in total. The second-order valence-electron chi connectivity index (χ2n) is 6.77. The van der Waals surface area contributed by atoms with E-state index in [4.69, 9.17) is 9.47 Å². The molecule has 2 fully saturated rings. The molecule has 0 saturated carbocycles. The van der Waals surface area contributed by atoms with Crippen LogP contribution in [-0.4, -0.2) is 61.0 Å². The average Bonchev–Trinajstić information content (AvgIpc) is 2.62. The summed E-state index contributed by atoms with van der Waals surface area (Å²) in [7, 11) is 0. The zero-order valence-corrected chi connectivity index (χ0v) is 13.0.